The average Bonchev–Trinajstić information content (AvgIpc) is 2.29. The van der Waals surface area contributed by atoms with E-state index in [0.717, 1.165) is 31.6 Å². The van der Waals surface area contributed by atoms with Crippen LogP contribution < -0.4 is 4.90 Å². The van der Waals surface area contributed by atoms with Gasteiger partial charge in [0.25, 0.3) is 0 Å². The number of benzene rings is 1. The number of anilines is 1. The second-order valence-corrected chi connectivity index (χ2v) is 5.40. The van der Waals surface area contributed by atoms with Gasteiger partial charge in [0, 0.05) is 13.1 Å². The third kappa shape index (κ3) is 2.41. The highest BCUT2D eigenvalue weighted by atomic mass is 19.1. The Balaban J connectivity index is 2.25. The molecule has 1 fully saturated rings. The minimum absolute atomic E-state index is 0.173. The normalized spacial score (nSPS) is 18.8. The second-order valence-electron chi connectivity index (χ2n) is 5.40. The minimum atomic E-state index is -0.421. The molecule has 90 valence electrons. The molecule has 0 spiro atoms. The van der Waals surface area contributed by atoms with Gasteiger partial charge in [-0.2, -0.15) is 5.26 Å². The quantitative estimate of drug-likeness (QED) is 0.742. The van der Waals surface area contributed by atoms with Gasteiger partial charge in [-0.1, -0.05) is 19.9 Å². The SMILES string of the molecule is CC1(C)CCN(c2cccc(F)c2C#N)CC1. The lowest BCUT2D eigenvalue weighted by atomic mass is 9.82. The Morgan fingerprint density at radius 3 is 2.53 bits per heavy atom. The summed E-state index contributed by atoms with van der Waals surface area (Å²) in [7, 11) is 0. The van der Waals surface area contributed by atoms with Gasteiger partial charge in [-0.25, -0.2) is 4.39 Å². The number of halogens is 1. The zero-order valence-corrected chi connectivity index (χ0v) is 10.3. The van der Waals surface area contributed by atoms with Crippen molar-refractivity contribution in [3.63, 3.8) is 0 Å². The molecule has 1 heterocycles. The van der Waals surface area contributed by atoms with E-state index in [1.54, 1.807) is 6.07 Å². The Hall–Kier alpha value is -1.56. The van der Waals surface area contributed by atoms with Crippen LogP contribution in [0.5, 0.6) is 0 Å². The molecule has 0 atom stereocenters. The predicted molar refractivity (Wildman–Crippen MR) is 66.3 cm³/mol. The Kier molecular flexibility index (Phi) is 3.06. The Morgan fingerprint density at radius 2 is 1.94 bits per heavy atom. The number of nitriles is 1. The molecular weight excluding hydrogens is 215 g/mol. The largest absolute Gasteiger partial charge is 0.370 e. The van der Waals surface area contributed by atoms with Gasteiger partial charge in [-0.3, -0.25) is 0 Å². The van der Waals surface area contributed by atoms with Gasteiger partial charge in [0.2, 0.25) is 0 Å². The van der Waals surface area contributed by atoms with Crippen LogP contribution in [0.15, 0.2) is 18.2 Å². The van der Waals surface area contributed by atoms with E-state index >= 15 is 0 Å². The summed E-state index contributed by atoms with van der Waals surface area (Å²) in [4.78, 5) is 2.12. The molecule has 0 saturated carbocycles. The van der Waals surface area contributed by atoms with Crippen LogP contribution in [-0.2, 0) is 0 Å². The molecule has 0 amide bonds. The number of rotatable bonds is 1. The molecule has 1 aromatic carbocycles. The van der Waals surface area contributed by atoms with Gasteiger partial charge in [0.05, 0.1) is 5.69 Å². The highest BCUT2D eigenvalue weighted by Gasteiger charge is 2.26. The molecule has 0 aromatic heterocycles. The number of piperidine rings is 1. The summed E-state index contributed by atoms with van der Waals surface area (Å²) in [6, 6.07) is 6.81. The lowest BCUT2D eigenvalue weighted by Gasteiger charge is -2.38. The summed E-state index contributed by atoms with van der Waals surface area (Å²) < 4.78 is 13.5. The van der Waals surface area contributed by atoms with Crippen LogP contribution in [0.25, 0.3) is 0 Å². The average molecular weight is 232 g/mol. The number of nitrogens with zero attached hydrogens (tertiary/aromatic N) is 2. The van der Waals surface area contributed by atoms with E-state index in [0.29, 0.717) is 5.41 Å². The first kappa shape index (κ1) is 11.9. The molecule has 2 rings (SSSR count). The molecule has 1 saturated heterocycles. The van der Waals surface area contributed by atoms with Crippen LogP contribution in [0.4, 0.5) is 10.1 Å². The maximum Gasteiger partial charge on any atom is 0.143 e. The lowest BCUT2D eigenvalue weighted by molar-refractivity contribution is 0.279. The third-order valence-electron chi connectivity index (χ3n) is 3.56. The number of hydrogen-bond donors (Lipinski definition) is 0. The molecule has 1 aliphatic heterocycles. The summed E-state index contributed by atoms with van der Waals surface area (Å²) in [5, 5.41) is 9.02. The van der Waals surface area contributed by atoms with Crippen molar-refractivity contribution in [2.24, 2.45) is 5.41 Å². The molecule has 0 N–H and O–H groups in total. The molecule has 0 unspecified atom stereocenters. The van der Waals surface area contributed by atoms with Crippen LogP contribution in [-0.4, -0.2) is 13.1 Å². The van der Waals surface area contributed by atoms with Crippen molar-refractivity contribution < 1.29 is 4.39 Å². The first-order valence-electron chi connectivity index (χ1n) is 5.97. The predicted octanol–water partition coefficient (Wildman–Crippen LogP) is 3.32. The molecular formula is C14H17FN2. The number of hydrogen-bond acceptors (Lipinski definition) is 2. The molecule has 0 aliphatic carbocycles. The summed E-state index contributed by atoms with van der Waals surface area (Å²) in [5.74, 6) is -0.421. The maximum absolute atomic E-state index is 13.5. The zero-order chi connectivity index (χ0) is 12.5. The van der Waals surface area contributed by atoms with Crippen LogP contribution in [0, 0.1) is 22.6 Å². The molecule has 0 radical (unpaired) electrons. The van der Waals surface area contributed by atoms with Gasteiger partial charge in [-0.05, 0) is 30.4 Å². The van der Waals surface area contributed by atoms with Gasteiger partial charge in [0.1, 0.15) is 17.4 Å². The van der Waals surface area contributed by atoms with Gasteiger partial charge in [-0.15, -0.1) is 0 Å². The fourth-order valence-corrected chi connectivity index (χ4v) is 2.24. The lowest BCUT2D eigenvalue weighted by Crippen LogP contribution is -2.37. The van der Waals surface area contributed by atoms with Gasteiger partial charge in [0.15, 0.2) is 0 Å². The highest BCUT2D eigenvalue weighted by molar-refractivity contribution is 5.60. The van der Waals surface area contributed by atoms with Crippen molar-refractivity contribution in [1.82, 2.24) is 0 Å². The monoisotopic (exact) mass is 232 g/mol. The summed E-state index contributed by atoms with van der Waals surface area (Å²) in [6.45, 7) is 6.29. The standard InChI is InChI=1S/C14H17FN2/c1-14(2)6-8-17(9-7-14)13-5-3-4-12(15)11(13)10-16/h3-5H,6-9H2,1-2H3. The van der Waals surface area contributed by atoms with Crippen LogP contribution in [0.3, 0.4) is 0 Å². The van der Waals surface area contributed by atoms with E-state index in [4.69, 9.17) is 5.26 Å². The third-order valence-corrected chi connectivity index (χ3v) is 3.56. The molecule has 1 aromatic rings. The van der Waals surface area contributed by atoms with Crippen molar-refractivity contribution in [3.8, 4) is 6.07 Å². The smallest absolute Gasteiger partial charge is 0.143 e. The van der Waals surface area contributed by atoms with E-state index in [-0.39, 0.29) is 5.56 Å². The van der Waals surface area contributed by atoms with E-state index in [2.05, 4.69) is 18.7 Å². The van der Waals surface area contributed by atoms with Crippen molar-refractivity contribution in [1.29, 1.82) is 5.26 Å². The Bertz CT molecular complexity index is 450. The molecule has 2 nitrogen and oxygen atoms in total. The molecule has 3 heteroatoms. The topological polar surface area (TPSA) is 27.0 Å². The van der Waals surface area contributed by atoms with Crippen LogP contribution in [0.2, 0.25) is 0 Å². The first-order chi connectivity index (χ1) is 8.03. The second kappa shape index (κ2) is 4.37. The van der Waals surface area contributed by atoms with Crippen molar-refractivity contribution in [2.45, 2.75) is 26.7 Å². The zero-order valence-electron chi connectivity index (χ0n) is 10.3. The molecule has 0 bridgehead atoms. The maximum atomic E-state index is 13.5. The summed E-state index contributed by atoms with van der Waals surface area (Å²) in [5.41, 5.74) is 1.27. The van der Waals surface area contributed by atoms with Crippen molar-refractivity contribution in [2.75, 3.05) is 18.0 Å². The fourth-order valence-electron chi connectivity index (χ4n) is 2.24. The fraction of sp³-hybridized carbons (Fsp3) is 0.500. The van der Waals surface area contributed by atoms with E-state index in [1.807, 2.05) is 12.1 Å². The van der Waals surface area contributed by atoms with Crippen LogP contribution in [0.1, 0.15) is 32.3 Å². The Morgan fingerprint density at radius 1 is 1.29 bits per heavy atom. The first-order valence-corrected chi connectivity index (χ1v) is 5.97. The summed E-state index contributed by atoms with van der Waals surface area (Å²) in [6.07, 6.45) is 2.16. The molecule has 17 heavy (non-hydrogen) atoms. The van der Waals surface area contributed by atoms with E-state index in [9.17, 15) is 4.39 Å². The van der Waals surface area contributed by atoms with Crippen molar-refractivity contribution in [3.05, 3.63) is 29.6 Å². The Labute approximate surface area is 102 Å². The van der Waals surface area contributed by atoms with Gasteiger partial charge >= 0.3 is 0 Å². The van der Waals surface area contributed by atoms with E-state index < -0.39 is 5.82 Å². The van der Waals surface area contributed by atoms with E-state index in [1.165, 1.54) is 6.07 Å². The summed E-state index contributed by atoms with van der Waals surface area (Å²) >= 11 is 0. The van der Waals surface area contributed by atoms with Crippen molar-refractivity contribution >= 4 is 5.69 Å². The minimum Gasteiger partial charge on any atom is -0.370 e. The highest BCUT2D eigenvalue weighted by Crippen LogP contribution is 2.33. The van der Waals surface area contributed by atoms with Gasteiger partial charge < -0.3 is 4.90 Å². The van der Waals surface area contributed by atoms with Crippen LogP contribution >= 0.6 is 0 Å². The molecule has 1 aliphatic rings.